The number of carbonyl (C=O) groups excluding carboxylic acids is 3. The van der Waals surface area contributed by atoms with E-state index in [-0.39, 0.29) is 24.1 Å². The first-order valence-corrected chi connectivity index (χ1v) is 14.6. The standard InChI is InChI=1S/C34H42N4O3/c1-4-5-10-21-36-32(40)28-13-8-7-12-27(28)25-17-15-24(16-18-25)23-38-30-14-9-6-11-26(30)19-20-29(33(38)41)37-31(39)22-34(2,3)35/h6-9,11-18,29H,4-5,10,19-23,35H2,1-3H3,(H,36,40)(H,37,39)/t29-/m1/s1. The SMILES string of the molecule is CCCCCNC(=O)c1ccccc1-c1ccc(CN2C(=O)[C@H](NC(=O)CC(C)(C)N)CCc3ccccc32)cc1. The summed E-state index contributed by atoms with van der Waals surface area (Å²) in [5.74, 6) is -0.426. The van der Waals surface area contributed by atoms with Crippen LogP contribution in [0.15, 0.2) is 72.8 Å². The van der Waals surface area contributed by atoms with Gasteiger partial charge < -0.3 is 21.3 Å². The zero-order valence-electron chi connectivity index (χ0n) is 24.4. The number of nitrogens with zero attached hydrogens (tertiary/aromatic N) is 1. The van der Waals surface area contributed by atoms with Crippen molar-refractivity contribution < 1.29 is 14.4 Å². The highest BCUT2D eigenvalue weighted by Gasteiger charge is 2.32. The molecule has 0 saturated carbocycles. The molecular formula is C34H42N4O3. The Morgan fingerprint density at radius 1 is 0.976 bits per heavy atom. The maximum atomic E-state index is 13.8. The largest absolute Gasteiger partial charge is 0.352 e. The number of nitrogens with two attached hydrogens (primary N) is 1. The van der Waals surface area contributed by atoms with E-state index in [0.29, 0.717) is 31.5 Å². The number of fused-ring (bicyclic) bond motifs is 1. The first kappa shape index (κ1) is 30.0. The lowest BCUT2D eigenvalue weighted by Crippen LogP contribution is -2.49. The molecule has 0 bridgehead atoms. The maximum absolute atomic E-state index is 13.8. The Hall–Kier alpha value is -3.97. The van der Waals surface area contributed by atoms with Crippen molar-refractivity contribution in [1.29, 1.82) is 0 Å². The fourth-order valence-corrected chi connectivity index (χ4v) is 5.25. The molecule has 41 heavy (non-hydrogen) atoms. The van der Waals surface area contributed by atoms with Crippen molar-refractivity contribution in [2.75, 3.05) is 11.4 Å². The van der Waals surface area contributed by atoms with Gasteiger partial charge in [0, 0.05) is 29.8 Å². The lowest BCUT2D eigenvalue weighted by Gasteiger charge is -2.27. The van der Waals surface area contributed by atoms with Crippen LogP contribution in [0.3, 0.4) is 0 Å². The van der Waals surface area contributed by atoms with Crippen molar-refractivity contribution in [1.82, 2.24) is 10.6 Å². The van der Waals surface area contributed by atoms with Gasteiger partial charge in [-0.25, -0.2) is 0 Å². The molecule has 0 aromatic heterocycles. The molecule has 4 rings (SSSR count). The fraction of sp³-hybridized carbons (Fsp3) is 0.382. The van der Waals surface area contributed by atoms with Gasteiger partial charge in [-0.15, -0.1) is 0 Å². The monoisotopic (exact) mass is 554 g/mol. The van der Waals surface area contributed by atoms with Crippen LogP contribution in [0.25, 0.3) is 11.1 Å². The highest BCUT2D eigenvalue weighted by molar-refractivity contribution is 6.01. The van der Waals surface area contributed by atoms with Crippen LogP contribution in [-0.2, 0) is 22.6 Å². The summed E-state index contributed by atoms with van der Waals surface area (Å²) >= 11 is 0. The minimum atomic E-state index is -0.656. The summed E-state index contributed by atoms with van der Waals surface area (Å²) in [6.07, 6.45) is 4.52. The van der Waals surface area contributed by atoms with E-state index in [1.807, 2.05) is 72.8 Å². The number of amides is 3. The lowest BCUT2D eigenvalue weighted by atomic mass is 9.98. The molecule has 0 spiro atoms. The van der Waals surface area contributed by atoms with Crippen LogP contribution in [0.2, 0.25) is 0 Å². The van der Waals surface area contributed by atoms with Crippen molar-refractivity contribution in [2.24, 2.45) is 5.73 Å². The van der Waals surface area contributed by atoms with Crippen LogP contribution < -0.4 is 21.3 Å². The van der Waals surface area contributed by atoms with Crippen LogP contribution in [-0.4, -0.2) is 35.8 Å². The minimum absolute atomic E-state index is 0.0707. The summed E-state index contributed by atoms with van der Waals surface area (Å²) in [5.41, 5.74) is 10.7. The molecule has 0 fully saturated rings. The average Bonchev–Trinajstić information content (AvgIpc) is 3.07. The molecule has 1 aliphatic heterocycles. The van der Waals surface area contributed by atoms with E-state index in [2.05, 4.69) is 17.6 Å². The third kappa shape index (κ3) is 8.04. The van der Waals surface area contributed by atoms with E-state index in [9.17, 15) is 14.4 Å². The summed E-state index contributed by atoms with van der Waals surface area (Å²) in [4.78, 5) is 41.1. The van der Waals surface area contributed by atoms with Gasteiger partial charge in [-0.05, 0) is 67.5 Å². The predicted octanol–water partition coefficient (Wildman–Crippen LogP) is 5.37. The van der Waals surface area contributed by atoms with Crippen molar-refractivity contribution in [3.8, 4) is 11.1 Å². The zero-order chi connectivity index (χ0) is 29.4. The molecule has 7 heteroatoms. The minimum Gasteiger partial charge on any atom is -0.352 e. The van der Waals surface area contributed by atoms with E-state index < -0.39 is 11.6 Å². The third-order valence-electron chi connectivity index (χ3n) is 7.34. The molecule has 4 N–H and O–H groups in total. The molecule has 1 aliphatic rings. The van der Waals surface area contributed by atoms with Crippen LogP contribution in [0.5, 0.6) is 0 Å². The molecule has 1 heterocycles. The van der Waals surface area contributed by atoms with Crippen molar-refractivity contribution in [2.45, 2.75) is 77.4 Å². The van der Waals surface area contributed by atoms with Crippen LogP contribution in [0.1, 0.15) is 74.4 Å². The summed E-state index contributed by atoms with van der Waals surface area (Å²) in [5, 5.41) is 5.98. The highest BCUT2D eigenvalue weighted by atomic mass is 16.2. The third-order valence-corrected chi connectivity index (χ3v) is 7.34. The van der Waals surface area contributed by atoms with E-state index in [1.165, 1.54) is 0 Å². The average molecular weight is 555 g/mol. The molecule has 0 aliphatic carbocycles. The Morgan fingerprint density at radius 3 is 2.41 bits per heavy atom. The number of anilines is 1. The number of nitrogens with one attached hydrogen (secondary N) is 2. The smallest absolute Gasteiger partial charge is 0.251 e. The molecule has 7 nitrogen and oxygen atoms in total. The van der Waals surface area contributed by atoms with Gasteiger partial charge in [0.25, 0.3) is 5.91 Å². The fourth-order valence-electron chi connectivity index (χ4n) is 5.25. The number of hydrogen-bond donors (Lipinski definition) is 3. The first-order chi connectivity index (χ1) is 19.7. The summed E-state index contributed by atoms with van der Waals surface area (Å²) in [7, 11) is 0. The van der Waals surface area contributed by atoms with Crippen molar-refractivity contribution in [3.63, 3.8) is 0 Å². The van der Waals surface area contributed by atoms with Crippen LogP contribution >= 0.6 is 0 Å². The molecule has 3 amide bonds. The maximum Gasteiger partial charge on any atom is 0.251 e. The molecule has 0 saturated heterocycles. The van der Waals surface area contributed by atoms with Gasteiger partial charge in [0.15, 0.2) is 0 Å². The second kappa shape index (κ2) is 13.6. The topological polar surface area (TPSA) is 105 Å². The van der Waals surface area contributed by atoms with Crippen molar-refractivity contribution >= 4 is 23.4 Å². The Bertz CT molecular complexity index is 1360. The second-order valence-corrected chi connectivity index (χ2v) is 11.6. The normalized spacial score (nSPS) is 15.2. The summed E-state index contributed by atoms with van der Waals surface area (Å²) in [6, 6.07) is 22.9. The Kier molecular flexibility index (Phi) is 9.95. The summed E-state index contributed by atoms with van der Waals surface area (Å²) in [6.45, 7) is 6.76. The quantitative estimate of drug-likeness (QED) is 0.277. The van der Waals surface area contributed by atoms with Gasteiger partial charge in [-0.2, -0.15) is 0 Å². The summed E-state index contributed by atoms with van der Waals surface area (Å²) < 4.78 is 0. The predicted molar refractivity (Wildman–Crippen MR) is 165 cm³/mol. The molecule has 3 aromatic carbocycles. The van der Waals surface area contributed by atoms with Gasteiger partial charge >= 0.3 is 0 Å². The number of carbonyl (C=O) groups is 3. The molecule has 3 aromatic rings. The Labute approximate surface area is 243 Å². The van der Waals surface area contributed by atoms with E-state index in [4.69, 9.17) is 5.73 Å². The van der Waals surface area contributed by atoms with Crippen molar-refractivity contribution in [3.05, 3.63) is 89.5 Å². The number of rotatable bonds is 11. The molecule has 1 atom stereocenters. The van der Waals surface area contributed by atoms with E-state index >= 15 is 0 Å². The van der Waals surface area contributed by atoms with Gasteiger partial charge in [0.1, 0.15) is 6.04 Å². The zero-order valence-corrected chi connectivity index (χ0v) is 24.4. The van der Waals surface area contributed by atoms with Gasteiger partial charge in [0.2, 0.25) is 11.8 Å². The first-order valence-electron chi connectivity index (χ1n) is 14.6. The van der Waals surface area contributed by atoms with Gasteiger partial charge in [-0.1, -0.05) is 80.4 Å². The Morgan fingerprint density at radius 2 is 1.68 bits per heavy atom. The van der Waals surface area contributed by atoms with Gasteiger partial charge in [0.05, 0.1) is 6.54 Å². The van der Waals surface area contributed by atoms with Crippen LogP contribution in [0, 0.1) is 0 Å². The number of hydrogen-bond acceptors (Lipinski definition) is 4. The molecule has 216 valence electrons. The number of unbranched alkanes of at least 4 members (excludes halogenated alkanes) is 2. The number of aryl methyl sites for hydroxylation is 1. The molecular weight excluding hydrogens is 512 g/mol. The molecule has 0 radical (unpaired) electrons. The number of para-hydroxylation sites is 1. The number of benzene rings is 3. The molecule has 0 unspecified atom stereocenters. The van der Waals surface area contributed by atoms with Crippen LogP contribution in [0.4, 0.5) is 5.69 Å². The van der Waals surface area contributed by atoms with Gasteiger partial charge in [-0.3, -0.25) is 14.4 Å². The highest BCUT2D eigenvalue weighted by Crippen LogP contribution is 2.30. The second-order valence-electron chi connectivity index (χ2n) is 11.6. The van der Waals surface area contributed by atoms with E-state index in [1.54, 1.807) is 18.7 Å². The lowest BCUT2D eigenvalue weighted by molar-refractivity contribution is -0.128. The Balaban J connectivity index is 1.54. The van der Waals surface area contributed by atoms with E-state index in [0.717, 1.165) is 47.2 Å².